The van der Waals surface area contributed by atoms with Crippen molar-refractivity contribution in [3.8, 4) is 33.6 Å². The first-order valence-electron chi connectivity index (χ1n) is 18.0. The number of hydrogen-bond acceptors (Lipinski definition) is 3. The predicted molar refractivity (Wildman–Crippen MR) is 210 cm³/mol. The Hall–Kier alpha value is -3.83. The van der Waals surface area contributed by atoms with Crippen LogP contribution < -0.4 is 4.40 Å². The average Bonchev–Trinajstić information content (AvgIpc) is 3.50. The van der Waals surface area contributed by atoms with Gasteiger partial charge in [-0.25, -0.2) is 0 Å². The zero-order valence-electron chi connectivity index (χ0n) is 32.2. The van der Waals surface area contributed by atoms with Gasteiger partial charge >= 0.3 is 154 Å². The Labute approximate surface area is 317 Å². The molecule has 0 saturated heterocycles. The normalized spacial score (nSPS) is 12.6. The van der Waals surface area contributed by atoms with Crippen LogP contribution in [0.2, 0.25) is 17.3 Å². The minimum atomic E-state index is -2.25. The van der Waals surface area contributed by atoms with E-state index in [1.165, 1.54) is 11.1 Å². The fraction of sp³-hybridized carbons (Fsp3) is 0.244. The summed E-state index contributed by atoms with van der Waals surface area (Å²) in [6.45, 7) is 10.5. The summed E-state index contributed by atoms with van der Waals surface area (Å²) in [5, 5.41) is 2.20. The molecule has 4 aromatic carbocycles. The number of pyridine rings is 2. The molecule has 0 aliphatic heterocycles. The molecular weight excluding hydrogens is 849 g/mol. The van der Waals surface area contributed by atoms with Gasteiger partial charge in [-0.15, -0.1) is 18.2 Å². The second kappa shape index (κ2) is 15.6. The number of furan rings is 1. The number of fused-ring (bicyclic) bond motifs is 3. The summed E-state index contributed by atoms with van der Waals surface area (Å²) in [4.78, 5) is 9.16. The van der Waals surface area contributed by atoms with Crippen molar-refractivity contribution in [1.29, 1.82) is 0 Å². The van der Waals surface area contributed by atoms with Crippen molar-refractivity contribution in [1.82, 2.24) is 9.97 Å². The Balaban J connectivity index is 0.000000197. The standard InChI is InChI=1S/C23H14NO.C22H32GeN.Ir/c1-2-7-16(8-3-1)17-12-13-18-19-9-6-10-20(21-11-4-5-14-24-21)23(19)25-22(18)15-17;1-16(2)12-18-14-21(24-15-20(18)23(6,7)8)17-10-9-11-19(13-17)22(3,4)5;/h1-9,11-15H;9,11,13-16H,12H2,1-8H3;/q2*-1;/i;12D2;. The molecule has 257 valence electrons. The number of benzene rings is 4. The molecule has 0 fully saturated rings. The fourth-order valence-electron chi connectivity index (χ4n) is 5.96. The fourth-order valence-corrected chi connectivity index (χ4v) is 8.91. The third-order valence-electron chi connectivity index (χ3n) is 8.56. The summed E-state index contributed by atoms with van der Waals surface area (Å²) in [5.41, 5.74) is 9.67. The second-order valence-corrected chi connectivity index (χ2v) is 25.5. The van der Waals surface area contributed by atoms with Crippen LogP contribution in [0.25, 0.3) is 55.6 Å². The topological polar surface area (TPSA) is 38.9 Å². The maximum Gasteiger partial charge on any atom is 0.121 e. The van der Waals surface area contributed by atoms with Gasteiger partial charge in [0, 0.05) is 31.7 Å². The first-order chi connectivity index (χ1) is 24.1. The molecule has 5 heteroatoms. The Bertz CT molecular complexity index is 2290. The minimum Gasteiger partial charge on any atom is -0.501 e. The summed E-state index contributed by atoms with van der Waals surface area (Å²) in [5.74, 6) is 6.79. The molecule has 3 heterocycles. The van der Waals surface area contributed by atoms with E-state index in [1.54, 1.807) is 6.20 Å². The van der Waals surface area contributed by atoms with Crippen LogP contribution in [0.5, 0.6) is 0 Å². The summed E-state index contributed by atoms with van der Waals surface area (Å²) >= 11 is -2.25. The summed E-state index contributed by atoms with van der Waals surface area (Å²) < 4.78 is 24.8. The van der Waals surface area contributed by atoms with E-state index in [-0.39, 0.29) is 31.4 Å². The van der Waals surface area contributed by atoms with Gasteiger partial charge in [0.1, 0.15) is 5.58 Å². The van der Waals surface area contributed by atoms with Gasteiger partial charge in [-0.2, -0.15) is 0 Å². The molecule has 7 aromatic rings. The molecule has 50 heavy (non-hydrogen) atoms. The van der Waals surface area contributed by atoms with Crippen LogP contribution in [0, 0.1) is 18.1 Å². The third kappa shape index (κ3) is 8.54. The van der Waals surface area contributed by atoms with E-state index in [9.17, 15) is 0 Å². The zero-order valence-corrected chi connectivity index (χ0v) is 34.7. The van der Waals surface area contributed by atoms with Crippen LogP contribution >= 0.6 is 0 Å². The molecule has 7 rings (SSSR count). The third-order valence-corrected chi connectivity index (χ3v) is 12.8. The van der Waals surface area contributed by atoms with E-state index in [0.717, 1.165) is 60.0 Å². The number of nitrogens with zero attached hydrogens (tertiary/aromatic N) is 2. The van der Waals surface area contributed by atoms with Gasteiger partial charge in [-0.1, -0.05) is 65.5 Å². The predicted octanol–water partition coefficient (Wildman–Crippen LogP) is 11.7. The van der Waals surface area contributed by atoms with Crippen molar-refractivity contribution in [2.45, 2.75) is 63.7 Å². The van der Waals surface area contributed by atoms with Crippen molar-refractivity contribution in [2.24, 2.45) is 5.92 Å². The molecule has 0 bridgehead atoms. The van der Waals surface area contributed by atoms with Gasteiger partial charge in [-0.3, -0.25) is 0 Å². The van der Waals surface area contributed by atoms with E-state index in [0.29, 0.717) is 0 Å². The molecule has 0 unspecified atom stereocenters. The van der Waals surface area contributed by atoms with E-state index in [2.05, 4.69) is 104 Å². The molecular formula is C45H46GeIrN2O-2. The number of rotatable bonds is 6. The second-order valence-electron chi connectivity index (χ2n) is 14.9. The molecule has 0 amide bonds. The van der Waals surface area contributed by atoms with E-state index in [4.69, 9.17) is 12.1 Å². The summed E-state index contributed by atoms with van der Waals surface area (Å²) in [7, 11) is 0. The Morgan fingerprint density at radius 2 is 1.52 bits per heavy atom. The van der Waals surface area contributed by atoms with E-state index in [1.807, 2.05) is 74.6 Å². The van der Waals surface area contributed by atoms with Crippen LogP contribution in [0.15, 0.2) is 120 Å². The molecule has 0 saturated carbocycles. The Morgan fingerprint density at radius 1 is 0.780 bits per heavy atom. The van der Waals surface area contributed by atoms with Gasteiger partial charge in [0.2, 0.25) is 0 Å². The van der Waals surface area contributed by atoms with Crippen LogP contribution in [0.1, 0.15) is 48.5 Å². The first-order valence-corrected chi connectivity index (χ1v) is 24.4. The van der Waals surface area contributed by atoms with Crippen molar-refractivity contribution >= 4 is 39.6 Å². The molecule has 0 aliphatic carbocycles. The summed E-state index contributed by atoms with van der Waals surface area (Å²) in [6.07, 6.45) is 2.35. The van der Waals surface area contributed by atoms with Crippen LogP contribution in [-0.2, 0) is 31.9 Å². The van der Waals surface area contributed by atoms with Crippen LogP contribution in [0.3, 0.4) is 0 Å². The summed E-state index contributed by atoms with van der Waals surface area (Å²) in [6, 6.07) is 41.3. The SMILES string of the molecule is [2H]C([2H])(c1cc(-c2[c-]ccc(C(C)(C)C)c2)nc[c]1[Ge]([CH3])([CH3])[CH3])C(C)C.[Ir].[c-]1ccc2c(oc3cc(-c4ccccc4)ccc32)c1-c1ccccn1. The minimum absolute atomic E-state index is 0. The molecule has 3 aromatic heterocycles. The van der Waals surface area contributed by atoms with Crippen molar-refractivity contribution in [2.75, 3.05) is 0 Å². The maximum atomic E-state index is 8.70. The van der Waals surface area contributed by atoms with Gasteiger partial charge in [-0.05, 0) is 29.0 Å². The van der Waals surface area contributed by atoms with Gasteiger partial charge in [0.05, 0.1) is 5.58 Å². The number of aromatic nitrogens is 2. The Morgan fingerprint density at radius 3 is 2.20 bits per heavy atom. The molecule has 1 radical (unpaired) electrons. The smallest absolute Gasteiger partial charge is 0.121 e. The largest absolute Gasteiger partial charge is 0.501 e. The molecule has 0 spiro atoms. The maximum absolute atomic E-state index is 8.70. The molecule has 0 N–H and O–H groups in total. The van der Waals surface area contributed by atoms with Crippen LogP contribution in [-0.4, -0.2) is 23.2 Å². The van der Waals surface area contributed by atoms with Gasteiger partial charge in [0.15, 0.2) is 0 Å². The van der Waals surface area contributed by atoms with Crippen molar-refractivity contribution < 1.29 is 27.3 Å². The molecule has 0 aliphatic rings. The van der Waals surface area contributed by atoms with Gasteiger partial charge < -0.3 is 9.40 Å². The monoisotopic (exact) mass is 899 g/mol. The van der Waals surface area contributed by atoms with E-state index >= 15 is 0 Å². The number of hydrogen-bond donors (Lipinski definition) is 0. The zero-order chi connectivity index (χ0) is 36.6. The van der Waals surface area contributed by atoms with E-state index < -0.39 is 19.6 Å². The molecule has 0 atom stereocenters. The first kappa shape index (κ1) is 34.6. The molecule has 3 nitrogen and oxygen atoms in total. The van der Waals surface area contributed by atoms with Gasteiger partial charge in [0.25, 0.3) is 0 Å². The quantitative estimate of drug-likeness (QED) is 0.123. The van der Waals surface area contributed by atoms with Crippen molar-refractivity contribution in [3.63, 3.8) is 0 Å². The van der Waals surface area contributed by atoms with Crippen LogP contribution in [0.4, 0.5) is 0 Å². The Kier molecular flexibility index (Phi) is 10.8. The van der Waals surface area contributed by atoms with Crippen molar-refractivity contribution in [3.05, 3.63) is 139 Å². The average molecular weight is 898 g/mol.